The van der Waals surface area contributed by atoms with Gasteiger partial charge in [-0.15, -0.1) is 0 Å². The largest absolute Gasteiger partial charge is 0.449 e. The molecule has 0 bridgehead atoms. The number of benzene rings is 1. The number of rotatable bonds is 5. The topological polar surface area (TPSA) is 68.3 Å². The highest BCUT2D eigenvalue weighted by atomic mass is 16.5. The summed E-state index contributed by atoms with van der Waals surface area (Å²) in [5.74, 6) is -0.763. The Kier molecular flexibility index (Phi) is 5.66. The molecule has 1 amide bonds. The van der Waals surface area contributed by atoms with Crippen LogP contribution in [0.1, 0.15) is 48.7 Å². The number of hydrogen-bond donors (Lipinski definition) is 1. The van der Waals surface area contributed by atoms with Crippen LogP contribution in [0.2, 0.25) is 0 Å². The SMILES string of the molecule is Cc1nc(-c2ccccc2)ccc1C(=O)OC(C)C(=O)NC1CCCC1. The summed E-state index contributed by atoms with van der Waals surface area (Å²) in [5.41, 5.74) is 2.75. The fraction of sp³-hybridized carbons (Fsp3) is 0.381. The summed E-state index contributed by atoms with van der Waals surface area (Å²) in [5, 5.41) is 2.95. The Balaban J connectivity index is 1.64. The maximum absolute atomic E-state index is 12.4. The number of pyridine rings is 1. The van der Waals surface area contributed by atoms with Crippen LogP contribution in [0.15, 0.2) is 42.5 Å². The summed E-state index contributed by atoms with van der Waals surface area (Å²) in [7, 11) is 0. The van der Waals surface area contributed by atoms with Crippen molar-refractivity contribution in [3.63, 3.8) is 0 Å². The van der Waals surface area contributed by atoms with Gasteiger partial charge in [0.2, 0.25) is 0 Å². The molecule has 1 aromatic carbocycles. The number of carbonyl (C=O) groups excluding carboxylic acids is 2. The third-order valence-electron chi connectivity index (χ3n) is 4.73. The van der Waals surface area contributed by atoms with Crippen LogP contribution in [0.5, 0.6) is 0 Å². The van der Waals surface area contributed by atoms with Crippen molar-refractivity contribution in [1.29, 1.82) is 0 Å². The molecule has 1 N–H and O–H groups in total. The second-order valence-corrected chi connectivity index (χ2v) is 6.73. The predicted octanol–water partition coefficient (Wildman–Crippen LogP) is 3.66. The van der Waals surface area contributed by atoms with Crippen LogP contribution in [-0.4, -0.2) is 29.0 Å². The Bertz CT molecular complexity index is 783. The van der Waals surface area contributed by atoms with Crippen molar-refractivity contribution in [2.24, 2.45) is 0 Å². The molecule has 1 aliphatic rings. The highest BCUT2D eigenvalue weighted by Gasteiger charge is 2.24. The first-order valence-electron chi connectivity index (χ1n) is 9.09. The van der Waals surface area contributed by atoms with Crippen molar-refractivity contribution in [2.75, 3.05) is 0 Å². The lowest BCUT2D eigenvalue weighted by Crippen LogP contribution is -2.40. The fourth-order valence-corrected chi connectivity index (χ4v) is 3.21. The quantitative estimate of drug-likeness (QED) is 0.834. The van der Waals surface area contributed by atoms with Crippen molar-refractivity contribution in [3.8, 4) is 11.3 Å². The molecule has 0 aliphatic heterocycles. The maximum Gasteiger partial charge on any atom is 0.340 e. The number of esters is 1. The second kappa shape index (κ2) is 8.13. The summed E-state index contributed by atoms with van der Waals surface area (Å²) in [6, 6.07) is 13.5. The van der Waals surface area contributed by atoms with E-state index in [0.717, 1.165) is 36.9 Å². The zero-order valence-corrected chi connectivity index (χ0v) is 15.2. The Morgan fingerprint density at radius 1 is 1.12 bits per heavy atom. The molecule has 0 saturated heterocycles. The van der Waals surface area contributed by atoms with E-state index in [4.69, 9.17) is 4.74 Å². The van der Waals surface area contributed by atoms with E-state index in [2.05, 4.69) is 10.3 Å². The van der Waals surface area contributed by atoms with Gasteiger partial charge in [0.1, 0.15) is 0 Å². The molecule has 26 heavy (non-hydrogen) atoms. The van der Waals surface area contributed by atoms with E-state index >= 15 is 0 Å². The molecule has 0 spiro atoms. The van der Waals surface area contributed by atoms with Crippen LogP contribution in [0.25, 0.3) is 11.3 Å². The average molecular weight is 352 g/mol. The minimum Gasteiger partial charge on any atom is -0.449 e. The molecule has 0 radical (unpaired) electrons. The van der Waals surface area contributed by atoms with Gasteiger partial charge in [-0.2, -0.15) is 0 Å². The molecule has 1 aliphatic carbocycles. The number of hydrogen-bond acceptors (Lipinski definition) is 4. The number of amides is 1. The molecule has 1 unspecified atom stereocenters. The molecule has 1 fully saturated rings. The van der Waals surface area contributed by atoms with Crippen molar-refractivity contribution in [1.82, 2.24) is 10.3 Å². The highest BCUT2D eigenvalue weighted by molar-refractivity contribution is 5.93. The first-order chi connectivity index (χ1) is 12.5. The Morgan fingerprint density at radius 3 is 2.46 bits per heavy atom. The fourth-order valence-electron chi connectivity index (χ4n) is 3.21. The lowest BCUT2D eigenvalue weighted by molar-refractivity contribution is -0.129. The first-order valence-corrected chi connectivity index (χ1v) is 9.09. The Morgan fingerprint density at radius 2 is 1.81 bits per heavy atom. The minimum atomic E-state index is -0.823. The zero-order chi connectivity index (χ0) is 18.5. The van der Waals surface area contributed by atoms with Gasteiger partial charge in [-0.05, 0) is 38.8 Å². The standard InChI is InChI=1S/C21H24N2O3/c1-14-18(12-13-19(22-14)16-8-4-3-5-9-16)21(25)26-15(2)20(24)23-17-10-6-7-11-17/h3-5,8-9,12-13,15,17H,6-7,10-11H2,1-2H3,(H,23,24). The van der Waals surface area contributed by atoms with Crippen LogP contribution in [-0.2, 0) is 9.53 Å². The summed E-state index contributed by atoms with van der Waals surface area (Å²) >= 11 is 0. The number of ether oxygens (including phenoxy) is 1. The molecule has 1 aromatic heterocycles. The van der Waals surface area contributed by atoms with Crippen molar-refractivity contribution in [2.45, 2.75) is 51.7 Å². The van der Waals surface area contributed by atoms with Crippen LogP contribution < -0.4 is 5.32 Å². The zero-order valence-electron chi connectivity index (χ0n) is 15.2. The Labute approximate surface area is 153 Å². The first kappa shape index (κ1) is 18.1. The molecular weight excluding hydrogens is 328 g/mol. The van der Waals surface area contributed by atoms with Gasteiger partial charge in [0, 0.05) is 11.6 Å². The molecule has 5 heteroatoms. The van der Waals surface area contributed by atoms with Gasteiger partial charge in [0.15, 0.2) is 6.10 Å². The van der Waals surface area contributed by atoms with E-state index in [0.29, 0.717) is 11.3 Å². The van der Waals surface area contributed by atoms with Gasteiger partial charge in [-0.3, -0.25) is 9.78 Å². The minimum absolute atomic E-state index is 0.206. The molecule has 1 heterocycles. The van der Waals surface area contributed by atoms with Gasteiger partial charge in [-0.1, -0.05) is 43.2 Å². The lowest BCUT2D eigenvalue weighted by atomic mass is 10.1. The van der Waals surface area contributed by atoms with Gasteiger partial charge in [0.25, 0.3) is 5.91 Å². The molecule has 1 saturated carbocycles. The Hall–Kier alpha value is -2.69. The lowest BCUT2D eigenvalue weighted by Gasteiger charge is -2.17. The highest BCUT2D eigenvalue weighted by Crippen LogP contribution is 2.20. The van der Waals surface area contributed by atoms with E-state index in [1.807, 2.05) is 30.3 Å². The number of aromatic nitrogens is 1. The van der Waals surface area contributed by atoms with Crippen LogP contribution in [0.3, 0.4) is 0 Å². The summed E-state index contributed by atoms with van der Waals surface area (Å²) in [4.78, 5) is 29.1. The van der Waals surface area contributed by atoms with Crippen molar-refractivity contribution >= 4 is 11.9 Å². The van der Waals surface area contributed by atoms with E-state index in [1.54, 1.807) is 26.0 Å². The third kappa shape index (κ3) is 4.28. The normalized spacial score (nSPS) is 15.5. The number of carbonyl (C=O) groups is 2. The molecular formula is C21H24N2O3. The van der Waals surface area contributed by atoms with Crippen LogP contribution >= 0.6 is 0 Å². The average Bonchev–Trinajstić information content (AvgIpc) is 3.15. The summed E-state index contributed by atoms with van der Waals surface area (Å²) < 4.78 is 5.34. The molecule has 1 atom stereocenters. The van der Waals surface area contributed by atoms with Gasteiger partial charge >= 0.3 is 5.97 Å². The van der Waals surface area contributed by atoms with Crippen LogP contribution in [0.4, 0.5) is 0 Å². The van der Waals surface area contributed by atoms with Crippen molar-refractivity contribution in [3.05, 3.63) is 53.7 Å². The van der Waals surface area contributed by atoms with Crippen LogP contribution in [0, 0.1) is 6.92 Å². The smallest absolute Gasteiger partial charge is 0.340 e. The maximum atomic E-state index is 12.4. The number of nitrogens with one attached hydrogen (secondary N) is 1. The van der Waals surface area contributed by atoms with E-state index in [1.165, 1.54) is 0 Å². The van der Waals surface area contributed by atoms with Gasteiger partial charge < -0.3 is 10.1 Å². The molecule has 5 nitrogen and oxygen atoms in total. The predicted molar refractivity (Wildman–Crippen MR) is 99.7 cm³/mol. The van der Waals surface area contributed by atoms with E-state index in [9.17, 15) is 9.59 Å². The number of nitrogens with zero attached hydrogens (tertiary/aromatic N) is 1. The second-order valence-electron chi connectivity index (χ2n) is 6.73. The molecule has 136 valence electrons. The molecule has 3 rings (SSSR count). The summed E-state index contributed by atoms with van der Waals surface area (Å²) in [6.07, 6.45) is 3.44. The molecule has 2 aromatic rings. The van der Waals surface area contributed by atoms with Gasteiger partial charge in [-0.25, -0.2) is 4.79 Å². The van der Waals surface area contributed by atoms with E-state index in [-0.39, 0.29) is 11.9 Å². The third-order valence-corrected chi connectivity index (χ3v) is 4.73. The number of aryl methyl sites for hydroxylation is 1. The van der Waals surface area contributed by atoms with E-state index < -0.39 is 12.1 Å². The monoisotopic (exact) mass is 352 g/mol. The van der Waals surface area contributed by atoms with Crippen molar-refractivity contribution < 1.29 is 14.3 Å². The van der Waals surface area contributed by atoms with Gasteiger partial charge in [0.05, 0.1) is 17.0 Å². The summed E-state index contributed by atoms with van der Waals surface area (Å²) in [6.45, 7) is 3.37.